The van der Waals surface area contributed by atoms with Gasteiger partial charge in [0, 0.05) is 6.20 Å². The first-order chi connectivity index (χ1) is 6.77. The smallest absolute Gasteiger partial charge is 0.106 e. The second-order valence-electron chi connectivity index (χ2n) is 2.95. The van der Waals surface area contributed by atoms with Gasteiger partial charge in [-0.05, 0) is 49.9 Å². The van der Waals surface area contributed by atoms with E-state index in [1.165, 1.54) is 0 Å². The number of thiophene rings is 1. The van der Waals surface area contributed by atoms with E-state index in [0.717, 1.165) is 15.7 Å². The van der Waals surface area contributed by atoms with Gasteiger partial charge in [0.05, 0.1) is 6.04 Å². The summed E-state index contributed by atoms with van der Waals surface area (Å²) in [5.41, 5.74) is 8.23. The van der Waals surface area contributed by atoms with Crippen LogP contribution in [-0.2, 0) is 0 Å². The number of rotatable bonds is 2. The molecule has 0 radical (unpaired) electrons. The molecule has 0 aromatic carbocycles. The summed E-state index contributed by atoms with van der Waals surface area (Å²) in [7, 11) is 0. The van der Waals surface area contributed by atoms with Crippen LogP contribution in [0.1, 0.15) is 17.2 Å². The number of aromatic nitrogens is 1. The molecule has 0 unspecified atom stereocenters. The molecular formula is C10H10BrClN2S. The number of hydrogen-bond acceptors (Lipinski definition) is 3. The molecule has 15 heavy (non-hydrogen) atoms. The van der Waals surface area contributed by atoms with Crippen LogP contribution in [0.25, 0.3) is 0 Å². The van der Waals surface area contributed by atoms with E-state index in [-0.39, 0.29) is 18.4 Å². The van der Waals surface area contributed by atoms with Crippen LogP contribution in [-0.4, -0.2) is 4.98 Å². The minimum atomic E-state index is -0.0677. The Bertz CT molecular complexity index is 402. The summed E-state index contributed by atoms with van der Waals surface area (Å²) in [6.07, 6.45) is 1.80. The molecule has 1 atom stereocenters. The Morgan fingerprint density at radius 1 is 1.27 bits per heavy atom. The average molecular weight is 306 g/mol. The minimum Gasteiger partial charge on any atom is -0.320 e. The van der Waals surface area contributed by atoms with Crippen molar-refractivity contribution in [1.82, 2.24) is 4.98 Å². The van der Waals surface area contributed by atoms with E-state index < -0.39 is 0 Å². The summed E-state index contributed by atoms with van der Waals surface area (Å²) in [6, 6.07) is 5.86. The van der Waals surface area contributed by atoms with E-state index in [0.29, 0.717) is 0 Å². The number of nitrogens with two attached hydrogens (primary N) is 1. The molecule has 0 spiro atoms. The van der Waals surface area contributed by atoms with Gasteiger partial charge in [-0.3, -0.25) is 0 Å². The van der Waals surface area contributed by atoms with E-state index in [9.17, 15) is 0 Å². The predicted molar refractivity (Wildman–Crippen MR) is 69.5 cm³/mol. The largest absolute Gasteiger partial charge is 0.320 e. The van der Waals surface area contributed by atoms with E-state index in [1.807, 2.05) is 23.6 Å². The molecule has 0 saturated heterocycles. The number of pyridine rings is 1. The molecule has 2 N–H and O–H groups in total. The van der Waals surface area contributed by atoms with E-state index >= 15 is 0 Å². The summed E-state index contributed by atoms with van der Waals surface area (Å²) < 4.78 is 0.832. The fourth-order valence-electron chi connectivity index (χ4n) is 1.22. The third-order valence-electron chi connectivity index (χ3n) is 2.01. The highest BCUT2D eigenvalue weighted by molar-refractivity contribution is 9.10. The molecule has 5 heteroatoms. The normalized spacial score (nSPS) is 11.9. The third-order valence-corrected chi connectivity index (χ3v) is 3.18. The minimum absolute atomic E-state index is 0. The lowest BCUT2D eigenvalue weighted by atomic mass is 10.1. The van der Waals surface area contributed by atoms with Gasteiger partial charge in [0.1, 0.15) is 4.60 Å². The Kier molecular flexibility index (Phi) is 4.73. The molecule has 0 aliphatic carbocycles. The molecule has 80 valence electrons. The summed E-state index contributed by atoms with van der Waals surface area (Å²) in [6.45, 7) is 0. The Hall–Kier alpha value is -0.420. The van der Waals surface area contributed by atoms with Crippen molar-refractivity contribution in [2.75, 3.05) is 0 Å². The lowest BCUT2D eigenvalue weighted by molar-refractivity contribution is 0.867. The summed E-state index contributed by atoms with van der Waals surface area (Å²) in [4.78, 5) is 4.15. The maximum absolute atomic E-state index is 6.06. The molecule has 0 aliphatic rings. The third kappa shape index (κ3) is 3.01. The van der Waals surface area contributed by atoms with Crippen LogP contribution in [0, 0.1) is 0 Å². The fourth-order valence-corrected chi connectivity index (χ4v) is 2.15. The van der Waals surface area contributed by atoms with Crippen molar-refractivity contribution in [2.24, 2.45) is 5.73 Å². The van der Waals surface area contributed by atoms with E-state index in [1.54, 1.807) is 17.5 Å². The summed E-state index contributed by atoms with van der Waals surface area (Å²) >= 11 is 4.95. The van der Waals surface area contributed by atoms with Crippen LogP contribution >= 0.6 is 39.7 Å². The van der Waals surface area contributed by atoms with Crippen molar-refractivity contribution in [3.8, 4) is 0 Å². The maximum atomic E-state index is 6.06. The van der Waals surface area contributed by atoms with E-state index in [4.69, 9.17) is 5.73 Å². The van der Waals surface area contributed by atoms with Crippen molar-refractivity contribution >= 4 is 39.7 Å². The number of hydrogen-bond donors (Lipinski definition) is 1. The molecule has 0 aliphatic heterocycles. The first-order valence-electron chi connectivity index (χ1n) is 4.16. The molecule has 2 heterocycles. The quantitative estimate of drug-likeness (QED) is 0.864. The molecule has 0 fully saturated rings. The first kappa shape index (κ1) is 12.6. The molecular weight excluding hydrogens is 296 g/mol. The zero-order chi connectivity index (χ0) is 9.97. The van der Waals surface area contributed by atoms with Crippen molar-refractivity contribution in [1.29, 1.82) is 0 Å². The Morgan fingerprint density at radius 2 is 2.07 bits per heavy atom. The molecule has 2 aromatic heterocycles. The zero-order valence-electron chi connectivity index (χ0n) is 7.76. The monoisotopic (exact) mass is 304 g/mol. The molecule has 0 bridgehead atoms. The number of nitrogens with zero attached hydrogens (tertiary/aromatic N) is 1. The first-order valence-corrected chi connectivity index (χ1v) is 5.90. The van der Waals surface area contributed by atoms with Gasteiger partial charge in [0.2, 0.25) is 0 Å². The highest BCUT2D eigenvalue weighted by Gasteiger charge is 2.08. The van der Waals surface area contributed by atoms with Crippen LogP contribution in [0.5, 0.6) is 0 Å². The van der Waals surface area contributed by atoms with Crippen molar-refractivity contribution in [3.05, 3.63) is 50.9 Å². The molecule has 0 amide bonds. The van der Waals surface area contributed by atoms with Gasteiger partial charge in [-0.1, -0.05) is 6.07 Å². The summed E-state index contributed by atoms with van der Waals surface area (Å²) in [5, 5.41) is 4.09. The molecule has 2 rings (SSSR count). The molecule has 2 aromatic rings. The van der Waals surface area contributed by atoms with Gasteiger partial charge in [-0.25, -0.2) is 4.98 Å². The second-order valence-corrected chi connectivity index (χ2v) is 4.54. The topological polar surface area (TPSA) is 38.9 Å². The molecule has 2 nitrogen and oxygen atoms in total. The van der Waals surface area contributed by atoms with Gasteiger partial charge >= 0.3 is 0 Å². The standard InChI is InChI=1S/C10H9BrN2S.ClH/c11-9-2-1-7(5-13-9)10(12)8-3-4-14-6-8;/h1-6,10H,12H2;1H/t10-;/m1./s1. The van der Waals surface area contributed by atoms with E-state index in [2.05, 4.69) is 26.3 Å². The van der Waals surface area contributed by atoms with Crippen LogP contribution in [0.3, 0.4) is 0 Å². The van der Waals surface area contributed by atoms with Crippen LogP contribution in [0.4, 0.5) is 0 Å². The highest BCUT2D eigenvalue weighted by atomic mass is 79.9. The van der Waals surface area contributed by atoms with Gasteiger partial charge in [-0.15, -0.1) is 12.4 Å². The Labute approximate surface area is 107 Å². The number of halogens is 2. The van der Waals surface area contributed by atoms with Gasteiger partial charge in [0.15, 0.2) is 0 Å². The lowest BCUT2D eigenvalue weighted by Gasteiger charge is -2.09. The van der Waals surface area contributed by atoms with Crippen molar-refractivity contribution in [2.45, 2.75) is 6.04 Å². The van der Waals surface area contributed by atoms with Gasteiger partial charge < -0.3 is 5.73 Å². The van der Waals surface area contributed by atoms with Crippen LogP contribution in [0.15, 0.2) is 39.8 Å². The SMILES string of the molecule is Cl.N[C@H](c1ccc(Br)nc1)c1ccsc1. The predicted octanol–water partition coefficient (Wildman–Crippen LogP) is 3.38. The zero-order valence-corrected chi connectivity index (χ0v) is 11.0. The Balaban J connectivity index is 0.00000112. The highest BCUT2D eigenvalue weighted by Crippen LogP contribution is 2.21. The maximum Gasteiger partial charge on any atom is 0.106 e. The summed E-state index contributed by atoms with van der Waals surface area (Å²) in [5.74, 6) is 0. The van der Waals surface area contributed by atoms with Gasteiger partial charge in [-0.2, -0.15) is 11.3 Å². The van der Waals surface area contributed by atoms with Crippen LogP contribution < -0.4 is 5.73 Å². The average Bonchev–Trinajstić information content (AvgIpc) is 2.71. The van der Waals surface area contributed by atoms with Crippen molar-refractivity contribution < 1.29 is 0 Å². The van der Waals surface area contributed by atoms with Gasteiger partial charge in [0.25, 0.3) is 0 Å². The Morgan fingerprint density at radius 3 is 2.60 bits per heavy atom. The lowest BCUT2D eigenvalue weighted by Crippen LogP contribution is -2.10. The van der Waals surface area contributed by atoms with Crippen molar-refractivity contribution in [3.63, 3.8) is 0 Å². The molecule has 0 saturated carbocycles. The second kappa shape index (κ2) is 5.61. The van der Waals surface area contributed by atoms with Crippen LogP contribution in [0.2, 0.25) is 0 Å². The fraction of sp³-hybridized carbons (Fsp3) is 0.100.